The molecule has 0 bridgehead atoms. The van der Waals surface area contributed by atoms with Gasteiger partial charge in [-0.05, 0) is 32.9 Å². The van der Waals surface area contributed by atoms with Gasteiger partial charge in [-0.3, -0.25) is 4.98 Å². The fourth-order valence-corrected chi connectivity index (χ4v) is 1.96. The van der Waals surface area contributed by atoms with Gasteiger partial charge in [0, 0.05) is 12.7 Å². The zero-order valence-electron chi connectivity index (χ0n) is 12.7. The third kappa shape index (κ3) is 3.81. The van der Waals surface area contributed by atoms with E-state index in [0.717, 1.165) is 12.2 Å². The molecular weight excluding hydrogens is 266 g/mol. The normalized spacial score (nSPS) is 10.7. The van der Waals surface area contributed by atoms with Gasteiger partial charge in [0.25, 0.3) is 0 Å². The number of hydrogen-bond donors (Lipinski definition) is 1. The molecule has 0 atom stereocenters. The summed E-state index contributed by atoms with van der Waals surface area (Å²) in [6.45, 7) is 7.32. The first-order valence-electron chi connectivity index (χ1n) is 7.03. The van der Waals surface area contributed by atoms with Crippen LogP contribution in [-0.4, -0.2) is 27.6 Å². The summed E-state index contributed by atoms with van der Waals surface area (Å²) in [5.41, 5.74) is 7.57. The second-order valence-electron chi connectivity index (χ2n) is 4.92. The Morgan fingerprint density at radius 2 is 2.05 bits per heavy atom. The molecule has 0 radical (unpaired) electrons. The average molecular weight is 287 g/mol. The number of nitrogens with two attached hydrogens (primary N) is 1. The molecule has 0 unspecified atom stereocenters. The minimum atomic E-state index is 0.0147. The molecule has 0 fully saturated rings. The summed E-state index contributed by atoms with van der Waals surface area (Å²) in [6, 6.07) is 5.84. The Kier molecular flexibility index (Phi) is 4.92. The van der Waals surface area contributed by atoms with E-state index in [-0.39, 0.29) is 6.10 Å². The van der Waals surface area contributed by atoms with Crippen LogP contribution in [0.25, 0.3) is 0 Å². The molecule has 0 amide bonds. The van der Waals surface area contributed by atoms with E-state index < -0.39 is 0 Å². The molecule has 0 saturated carbocycles. The Labute approximate surface area is 125 Å². The second-order valence-corrected chi connectivity index (χ2v) is 4.92. The zero-order valence-corrected chi connectivity index (χ0v) is 12.7. The van der Waals surface area contributed by atoms with Crippen molar-refractivity contribution in [2.45, 2.75) is 33.4 Å². The van der Waals surface area contributed by atoms with Gasteiger partial charge in [0.2, 0.25) is 5.88 Å². The Balaban J connectivity index is 2.25. The lowest BCUT2D eigenvalue weighted by Crippen LogP contribution is -2.25. The van der Waals surface area contributed by atoms with Crippen LogP contribution in [0.3, 0.4) is 0 Å². The van der Waals surface area contributed by atoms with Crippen LogP contribution in [-0.2, 0) is 6.54 Å². The van der Waals surface area contributed by atoms with Crippen molar-refractivity contribution in [3.63, 3.8) is 0 Å². The van der Waals surface area contributed by atoms with Crippen molar-refractivity contribution in [1.29, 1.82) is 0 Å². The van der Waals surface area contributed by atoms with Gasteiger partial charge in [-0.1, -0.05) is 6.07 Å². The van der Waals surface area contributed by atoms with E-state index in [1.807, 2.05) is 43.9 Å². The molecule has 6 heteroatoms. The van der Waals surface area contributed by atoms with Crippen molar-refractivity contribution in [3.05, 3.63) is 36.4 Å². The highest BCUT2D eigenvalue weighted by molar-refractivity contribution is 5.67. The third-order valence-corrected chi connectivity index (χ3v) is 2.93. The van der Waals surface area contributed by atoms with Gasteiger partial charge in [-0.2, -0.15) is 4.98 Å². The molecule has 2 aromatic heterocycles. The summed E-state index contributed by atoms with van der Waals surface area (Å²) in [7, 11) is 0. The van der Waals surface area contributed by atoms with Crippen LogP contribution in [0.2, 0.25) is 0 Å². The maximum Gasteiger partial charge on any atom is 0.242 e. The van der Waals surface area contributed by atoms with E-state index in [1.165, 1.54) is 6.33 Å². The Morgan fingerprint density at radius 1 is 1.24 bits per heavy atom. The van der Waals surface area contributed by atoms with Crippen LogP contribution in [0, 0.1) is 0 Å². The van der Waals surface area contributed by atoms with Crippen LogP contribution in [0.5, 0.6) is 5.88 Å². The SMILES string of the molecule is CCN(Cc1ccccn1)c1ncnc(OC(C)C)c1N. The lowest BCUT2D eigenvalue weighted by molar-refractivity contribution is 0.234. The summed E-state index contributed by atoms with van der Waals surface area (Å²) in [5.74, 6) is 1.10. The summed E-state index contributed by atoms with van der Waals surface area (Å²) in [5, 5.41) is 0. The van der Waals surface area contributed by atoms with Gasteiger partial charge in [-0.25, -0.2) is 4.98 Å². The standard InChI is InChI=1S/C15H21N5O/c1-4-20(9-12-7-5-6-8-17-12)14-13(16)15(19-10-18-14)21-11(2)3/h5-8,10-11H,4,9,16H2,1-3H3. The van der Waals surface area contributed by atoms with Crippen molar-refractivity contribution in [2.75, 3.05) is 17.2 Å². The van der Waals surface area contributed by atoms with E-state index in [2.05, 4.69) is 15.0 Å². The number of aromatic nitrogens is 3. The van der Waals surface area contributed by atoms with Crippen molar-refractivity contribution in [3.8, 4) is 5.88 Å². The number of rotatable bonds is 6. The average Bonchev–Trinajstić information content (AvgIpc) is 2.48. The smallest absolute Gasteiger partial charge is 0.242 e. The topological polar surface area (TPSA) is 77.2 Å². The fourth-order valence-electron chi connectivity index (χ4n) is 1.96. The molecule has 0 aliphatic rings. The highest BCUT2D eigenvalue weighted by atomic mass is 16.5. The molecule has 0 aliphatic carbocycles. The zero-order chi connectivity index (χ0) is 15.2. The Bertz CT molecular complexity index is 574. The van der Waals surface area contributed by atoms with Gasteiger partial charge in [0.15, 0.2) is 5.82 Å². The molecule has 0 saturated heterocycles. The van der Waals surface area contributed by atoms with Crippen LogP contribution >= 0.6 is 0 Å². The van der Waals surface area contributed by atoms with Gasteiger partial charge >= 0.3 is 0 Å². The quantitative estimate of drug-likeness (QED) is 0.878. The highest BCUT2D eigenvalue weighted by Gasteiger charge is 2.16. The van der Waals surface area contributed by atoms with Gasteiger partial charge < -0.3 is 15.4 Å². The lowest BCUT2D eigenvalue weighted by Gasteiger charge is -2.23. The predicted molar refractivity (Wildman–Crippen MR) is 83.2 cm³/mol. The molecular formula is C15H21N5O. The summed E-state index contributed by atoms with van der Waals surface area (Å²) < 4.78 is 5.61. The third-order valence-electron chi connectivity index (χ3n) is 2.93. The highest BCUT2D eigenvalue weighted by Crippen LogP contribution is 2.29. The number of pyridine rings is 1. The van der Waals surface area contributed by atoms with Crippen LogP contribution < -0.4 is 15.4 Å². The molecule has 0 spiro atoms. The van der Waals surface area contributed by atoms with Crippen molar-refractivity contribution in [2.24, 2.45) is 0 Å². The fraction of sp³-hybridized carbons (Fsp3) is 0.400. The van der Waals surface area contributed by atoms with E-state index in [4.69, 9.17) is 10.5 Å². The molecule has 2 rings (SSSR count). The minimum Gasteiger partial charge on any atom is -0.473 e. The number of nitrogen functional groups attached to an aromatic ring is 1. The van der Waals surface area contributed by atoms with Gasteiger partial charge in [0.05, 0.1) is 18.3 Å². The minimum absolute atomic E-state index is 0.0147. The Morgan fingerprint density at radius 3 is 2.67 bits per heavy atom. The maximum atomic E-state index is 6.15. The van der Waals surface area contributed by atoms with Crippen molar-refractivity contribution in [1.82, 2.24) is 15.0 Å². The predicted octanol–water partition coefficient (Wildman–Crippen LogP) is 2.27. The first kappa shape index (κ1) is 15.0. The molecule has 2 N–H and O–H groups in total. The summed E-state index contributed by atoms with van der Waals surface area (Å²) in [4.78, 5) is 14.8. The van der Waals surface area contributed by atoms with Crippen LogP contribution in [0.1, 0.15) is 26.5 Å². The number of hydrogen-bond acceptors (Lipinski definition) is 6. The summed E-state index contributed by atoms with van der Waals surface area (Å²) in [6.07, 6.45) is 3.27. The molecule has 112 valence electrons. The van der Waals surface area contributed by atoms with Crippen LogP contribution in [0.4, 0.5) is 11.5 Å². The van der Waals surface area contributed by atoms with Crippen LogP contribution in [0.15, 0.2) is 30.7 Å². The van der Waals surface area contributed by atoms with E-state index in [0.29, 0.717) is 23.9 Å². The lowest BCUT2D eigenvalue weighted by atomic mass is 10.3. The number of anilines is 2. The molecule has 2 aromatic rings. The first-order valence-corrected chi connectivity index (χ1v) is 7.03. The van der Waals surface area contributed by atoms with E-state index >= 15 is 0 Å². The summed E-state index contributed by atoms with van der Waals surface area (Å²) >= 11 is 0. The molecule has 6 nitrogen and oxygen atoms in total. The maximum absolute atomic E-state index is 6.15. The molecule has 21 heavy (non-hydrogen) atoms. The van der Waals surface area contributed by atoms with Gasteiger partial charge in [-0.15, -0.1) is 0 Å². The first-order chi connectivity index (χ1) is 10.1. The number of nitrogens with zero attached hydrogens (tertiary/aromatic N) is 4. The number of ether oxygens (including phenoxy) is 1. The molecule has 0 aromatic carbocycles. The van der Waals surface area contributed by atoms with E-state index in [9.17, 15) is 0 Å². The molecule has 2 heterocycles. The molecule has 0 aliphatic heterocycles. The second kappa shape index (κ2) is 6.88. The van der Waals surface area contributed by atoms with E-state index in [1.54, 1.807) is 6.20 Å². The largest absolute Gasteiger partial charge is 0.473 e. The van der Waals surface area contributed by atoms with Gasteiger partial charge in [0.1, 0.15) is 12.0 Å². The van der Waals surface area contributed by atoms with Crippen molar-refractivity contribution >= 4 is 11.5 Å². The van der Waals surface area contributed by atoms with Crippen molar-refractivity contribution < 1.29 is 4.74 Å². The monoisotopic (exact) mass is 287 g/mol. The Hall–Kier alpha value is -2.37.